The van der Waals surface area contributed by atoms with Crippen molar-refractivity contribution in [3.05, 3.63) is 24.3 Å². The van der Waals surface area contributed by atoms with Crippen LogP contribution >= 0.6 is 22.6 Å². The number of esters is 1. The van der Waals surface area contributed by atoms with Crippen LogP contribution < -0.4 is 0 Å². The van der Waals surface area contributed by atoms with Gasteiger partial charge in [0.15, 0.2) is 5.79 Å². The van der Waals surface area contributed by atoms with Gasteiger partial charge in [-0.05, 0) is 74.3 Å². The fourth-order valence-corrected chi connectivity index (χ4v) is 13.0. The molecule has 0 aliphatic carbocycles. The minimum Gasteiger partial charge on any atom is -0.459 e. The van der Waals surface area contributed by atoms with Gasteiger partial charge in [-0.15, -0.1) is 0 Å². The van der Waals surface area contributed by atoms with E-state index in [1.165, 1.54) is 0 Å². The van der Waals surface area contributed by atoms with Gasteiger partial charge >= 0.3 is 5.97 Å². The van der Waals surface area contributed by atoms with Crippen LogP contribution in [-0.4, -0.2) is 120 Å². The van der Waals surface area contributed by atoms with Crippen molar-refractivity contribution in [3.8, 4) is 0 Å². The van der Waals surface area contributed by atoms with Crippen LogP contribution in [0.15, 0.2) is 24.3 Å². The lowest BCUT2D eigenvalue weighted by atomic mass is 9.78. The molecule has 11 heterocycles. The summed E-state index contributed by atoms with van der Waals surface area (Å²) in [6, 6.07) is 0. The fraction of sp³-hybridized carbons (Fsp3) is 0.881. The van der Waals surface area contributed by atoms with Crippen LogP contribution in [0.4, 0.5) is 0 Å². The second-order valence-electron chi connectivity index (χ2n) is 18.5. The Labute approximate surface area is 333 Å². The Hall–Kier alpha value is -0.680. The zero-order chi connectivity index (χ0) is 37.0. The fourth-order valence-electron chi connectivity index (χ4n) is 11.9. The van der Waals surface area contributed by atoms with Gasteiger partial charge < -0.3 is 47.4 Å². The van der Waals surface area contributed by atoms with Gasteiger partial charge in [-0.2, -0.15) is 0 Å². The highest BCUT2D eigenvalue weighted by atomic mass is 127. The summed E-state index contributed by atoms with van der Waals surface area (Å²) in [5.74, 6) is -0.431. The van der Waals surface area contributed by atoms with Crippen molar-refractivity contribution in [2.45, 2.75) is 207 Å². The molecule has 0 N–H and O–H groups in total. The van der Waals surface area contributed by atoms with E-state index in [0.29, 0.717) is 37.5 Å². The molecule has 0 aromatic heterocycles. The van der Waals surface area contributed by atoms with E-state index in [1.54, 1.807) is 0 Å². The molecule has 12 bridgehead atoms. The lowest BCUT2D eigenvalue weighted by Gasteiger charge is -2.51. The third-order valence-corrected chi connectivity index (χ3v) is 15.8. The topological polar surface area (TPSA) is 109 Å². The maximum atomic E-state index is 14.1. The molecule has 11 rings (SSSR count). The van der Waals surface area contributed by atoms with Crippen molar-refractivity contribution < 1.29 is 52.2 Å². The first-order valence-electron chi connectivity index (χ1n) is 21.1. The van der Waals surface area contributed by atoms with Gasteiger partial charge in [-0.1, -0.05) is 56.5 Å². The number of rotatable bonds is 1. The standard InChI is InChI=1S/C42H59IO11/c1-19-12-24-6-8-27-20(2)13-26(45-27)10-11-42-17-32-38(53-42)39-40(50-32)41(54-42)37-28(49-39)9-7-25(47-37)15-34(44)52-36-23(5)35-30(14-21(3)33(18-43)51-35)48-31(36)16-29(46-24)22(19)4/h19,21,23-33,35-41H,2,4,6-18H2,1,3,5H3/t19-,21-,23+,24+,25-,26+,27+,28+,29-,30+,31+,32-,33-,35+,36-,37+,38?,39+,40?,41?,42+/m1/s1. The average molecular weight is 867 g/mol. The SMILES string of the molecule is C=C1C[C@@H]2CC[C@@]34C[C@H]5OC6C(O3)[C@H]3O[C@H](CC[C@@H]3O[C@H]6C5O4)CC(=O)O[C@@H]3[C@@H](C)[C@@H]4O[C@H](CI)[C@H](C)C[C@@H]4O[C@H]3C[C@H]3O[C@@H](CC[C@@H]1O2)C[C@@H](C)C3=C. The molecule has 0 saturated carbocycles. The monoisotopic (exact) mass is 866 g/mol. The molecular formula is C42H59IO11. The van der Waals surface area contributed by atoms with Crippen molar-refractivity contribution in [3.63, 3.8) is 0 Å². The van der Waals surface area contributed by atoms with E-state index >= 15 is 0 Å². The zero-order valence-corrected chi connectivity index (χ0v) is 34.2. The van der Waals surface area contributed by atoms with Crippen LogP contribution in [0, 0.1) is 17.8 Å². The summed E-state index contributed by atoms with van der Waals surface area (Å²) in [5.41, 5.74) is 2.25. The van der Waals surface area contributed by atoms with Crippen LogP contribution in [0.25, 0.3) is 0 Å². The van der Waals surface area contributed by atoms with Crippen molar-refractivity contribution >= 4 is 28.6 Å². The van der Waals surface area contributed by atoms with Crippen LogP contribution in [0.5, 0.6) is 0 Å². The van der Waals surface area contributed by atoms with Crippen LogP contribution in [0.3, 0.4) is 0 Å². The predicted octanol–water partition coefficient (Wildman–Crippen LogP) is 5.91. The number of hydrogen-bond donors (Lipinski definition) is 0. The summed E-state index contributed by atoms with van der Waals surface area (Å²) in [7, 11) is 0. The highest BCUT2D eigenvalue weighted by Crippen LogP contribution is 2.54. The number of alkyl halides is 1. The van der Waals surface area contributed by atoms with Crippen molar-refractivity contribution in [1.82, 2.24) is 0 Å². The molecule has 0 amide bonds. The summed E-state index contributed by atoms with van der Waals surface area (Å²) in [6.45, 7) is 15.7. The van der Waals surface area contributed by atoms with Crippen LogP contribution in [0.2, 0.25) is 0 Å². The van der Waals surface area contributed by atoms with Gasteiger partial charge in [0.25, 0.3) is 0 Å². The molecule has 21 atom stereocenters. The van der Waals surface area contributed by atoms with E-state index in [4.69, 9.17) is 47.4 Å². The Morgan fingerprint density at radius 3 is 2.24 bits per heavy atom. The van der Waals surface area contributed by atoms with Crippen molar-refractivity contribution in [1.29, 1.82) is 0 Å². The third kappa shape index (κ3) is 6.60. The quantitative estimate of drug-likeness (QED) is 0.136. The predicted molar refractivity (Wildman–Crippen MR) is 203 cm³/mol. The van der Waals surface area contributed by atoms with Crippen molar-refractivity contribution in [2.75, 3.05) is 4.43 Å². The highest BCUT2D eigenvalue weighted by molar-refractivity contribution is 14.1. The molecular weight excluding hydrogens is 807 g/mol. The smallest absolute Gasteiger partial charge is 0.308 e. The molecule has 11 fully saturated rings. The second-order valence-corrected chi connectivity index (χ2v) is 19.4. The normalized spacial score (nSPS) is 55.7. The number of halogens is 1. The first-order valence-corrected chi connectivity index (χ1v) is 22.6. The van der Waals surface area contributed by atoms with Crippen LogP contribution in [0.1, 0.15) is 97.8 Å². The molecule has 1 spiro atoms. The first-order chi connectivity index (χ1) is 26.0. The molecule has 0 aromatic carbocycles. The molecule has 0 radical (unpaired) electrons. The Bertz CT molecular complexity index is 1480. The van der Waals surface area contributed by atoms with Crippen molar-refractivity contribution in [2.24, 2.45) is 17.8 Å². The van der Waals surface area contributed by atoms with E-state index in [1.807, 2.05) is 0 Å². The molecule has 3 unspecified atom stereocenters. The van der Waals surface area contributed by atoms with E-state index in [2.05, 4.69) is 56.5 Å². The lowest BCUT2D eigenvalue weighted by molar-refractivity contribution is -0.293. The third-order valence-electron chi connectivity index (χ3n) is 14.9. The largest absolute Gasteiger partial charge is 0.459 e. The highest BCUT2D eigenvalue weighted by Gasteiger charge is 2.69. The first kappa shape index (κ1) is 37.6. The lowest BCUT2D eigenvalue weighted by Crippen LogP contribution is -2.62. The van der Waals surface area contributed by atoms with Gasteiger partial charge in [0.2, 0.25) is 0 Å². The van der Waals surface area contributed by atoms with E-state index < -0.39 is 11.9 Å². The molecule has 12 heteroatoms. The maximum absolute atomic E-state index is 14.1. The Kier molecular flexibility index (Phi) is 10.1. The molecule has 11 saturated heterocycles. The van der Waals surface area contributed by atoms with E-state index in [9.17, 15) is 4.79 Å². The molecule has 11 nitrogen and oxygen atoms in total. The number of fused-ring (bicyclic) bond motifs is 7. The summed E-state index contributed by atoms with van der Waals surface area (Å²) in [4.78, 5) is 14.1. The van der Waals surface area contributed by atoms with Gasteiger partial charge in [0.05, 0.1) is 73.6 Å². The number of ether oxygens (including phenoxy) is 10. The zero-order valence-electron chi connectivity index (χ0n) is 32.0. The van der Waals surface area contributed by atoms with Gasteiger partial charge in [0.1, 0.15) is 36.6 Å². The van der Waals surface area contributed by atoms with Gasteiger partial charge in [-0.3, -0.25) is 4.79 Å². The van der Waals surface area contributed by atoms with Gasteiger partial charge in [0, 0.05) is 29.6 Å². The number of carbonyl (C=O) groups is 1. The Morgan fingerprint density at radius 2 is 1.39 bits per heavy atom. The second kappa shape index (κ2) is 14.5. The Balaban J connectivity index is 0.938. The van der Waals surface area contributed by atoms with E-state index in [0.717, 1.165) is 60.5 Å². The molecule has 300 valence electrons. The minimum absolute atomic E-state index is 0.000133. The summed E-state index contributed by atoms with van der Waals surface area (Å²) < 4.78 is 68.6. The number of hydrogen-bond acceptors (Lipinski definition) is 11. The van der Waals surface area contributed by atoms with E-state index in [-0.39, 0.29) is 116 Å². The summed E-state index contributed by atoms with van der Waals surface area (Å²) in [6.07, 6.45) is 6.00. The van der Waals surface area contributed by atoms with Gasteiger partial charge in [-0.25, -0.2) is 0 Å². The summed E-state index contributed by atoms with van der Waals surface area (Å²) in [5, 5.41) is 0. The maximum Gasteiger partial charge on any atom is 0.308 e. The molecule has 54 heavy (non-hydrogen) atoms. The average Bonchev–Trinajstić information content (AvgIpc) is 3.73. The molecule has 11 aliphatic rings. The minimum atomic E-state index is -0.778. The summed E-state index contributed by atoms with van der Waals surface area (Å²) >= 11 is 2.42. The molecule has 11 aliphatic heterocycles. The Morgan fingerprint density at radius 1 is 0.648 bits per heavy atom. The molecule has 0 aromatic rings. The number of carbonyl (C=O) groups excluding carboxylic acids is 1. The van der Waals surface area contributed by atoms with Crippen LogP contribution in [-0.2, 0) is 52.2 Å².